The summed E-state index contributed by atoms with van der Waals surface area (Å²) >= 11 is 0. The van der Waals surface area contributed by atoms with Crippen molar-refractivity contribution < 1.29 is 0 Å². The van der Waals surface area contributed by atoms with Gasteiger partial charge in [0.05, 0.1) is 21.8 Å². The third-order valence-corrected chi connectivity index (χ3v) is 12.9. The number of aromatic nitrogens is 2. The zero-order valence-electron chi connectivity index (χ0n) is 35.8. The molecule has 0 aliphatic heterocycles. The van der Waals surface area contributed by atoms with Gasteiger partial charge in [0.15, 0.2) is 0 Å². The molecule has 10 aromatic carbocycles. The first-order valence-corrected chi connectivity index (χ1v) is 22.3. The second kappa shape index (κ2) is 16.0. The van der Waals surface area contributed by atoms with E-state index in [0.29, 0.717) is 21.8 Å². The van der Waals surface area contributed by atoms with Gasteiger partial charge in [-0.05, 0) is 131 Å². The SMILES string of the molecule is O=c1c2cc(-c3c(-c4ccccc4)cc(-c4ccccc4)cc3-c3ccccc3)ccc2n2c3cccc(-c4c(-c5ccccc5)cc(-c5ccccc5)cc4-c4ccccc4)c3c(=O)n12. The minimum Gasteiger partial charge on any atom is -0.267 e. The summed E-state index contributed by atoms with van der Waals surface area (Å²) in [6.45, 7) is 0. The molecule has 0 saturated heterocycles. The zero-order valence-corrected chi connectivity index (χ0v) is 35.8. The highest BCUT2D eigenvalue weighted by Crippen LogP contribution is 2.46. The van der Waals surface area contributed by atoms with Gasteiger partial charge in [-0.3, -0.25) is 9.59 Å². The smallest absolute Gasteiger partial charge is 0.267 e. The van der Waals surface area contributed by atoms with Crippen LogP contribution in [0.25, 0.3) is 111 Å². The number of fused-ring (bicyclic) bond motifs is 5. The fourth-order valence-electron chi connectivity index (χ4n) is 9.90. The van der Waals surface area contributed by atoms with Crippen molar-refractivity contribution in [2.45, 2.75) is 0 Å². The van der Waals surface area contributed by atoms with Gasteiger partial charge in [0.1, 0.15) is 0 Å². The molecule has 0 saturated carbocycles. The van der Waals surface area contributed by atoms with Crippen LogP contribution in [0.2, 0.25) is 0 Å². The van der Waals surface area contributed by atoms with E-state index >= 15 is 4.79 Å². The van der Waals surface area contributed by atoms with Crippen molar-refractivity contribution >= 4 is 21.8 Å². The Balaban J connectivity index is 1.11. The number of nitrogens with zero attached hydrogens (tertiary/aromatic N) is 2. The average Bonchev–Trinajstić information content (AvgIpc) is 3.87. The van der Waals surface area contributed by atoms with E-state index in [1.165, 1.54) is 4.52 Å². The van der Waals surface area contributed by atoms with Crippen LogP contribution in [-0.2, 0) is 0 Å². The number of hydrogen-bond acceptors (Lipinski definition) is 2. The molecule has 0 N–H and O–H groups in total. The molecule has 12 rings (SSSR count). The molecule has 310 valence electrons. The Kier molecular flexibility index (Phi) is 9.43. The summed E-state index contributed by atoms with van der Waals surface area (Å²) in [6, 6.07) is 83.4. The first-order valence-electron chi connectivity index (χ1n) is 22.3. The lowest BCUT2D eigenvalue weighted by Gasteiger charge is -2.19. The summed E-state index contributed by atoms with van der Waals surface area (Å²) in [5.41, 5.74) is 16.9. The van der Waals surface area contributed by atoms with E-state index in [2.05, 4.69) is 152 Å². The van der Waals surface area contributed by atoms with Crippen LogP contribution in [0.3, 0.4) is 0 Å². The molecule has 66 heavy (non-hydrogen) atoms. The van der Waals surface area contributed by atoms with E-state index in [1.54, 1.807) is 0 Å². The monoisotopic (exact) mass is 844 g/mol. The Bertz CT molecular complexity index is 3740. The topological polar surface area (TPSA) is 43.0 Å². The highest BCUT2D eigenvalue weighted by atomic mass is 16.2. The molecule has 0 unspecified atom stereocenters. The minimum absolute atomic E-state index is 0.351. The lowest BCUT2D eigenvalue weighted by molar-refractivity contribution is 0.841. The van der Waals surface area contributed by atoms with Gasteiger partial charge < -0.3 is 0 Å². The number of hydrogen-bond donors (Lipinski definition) is 0. The average molecular weight is 845 g/mol. The van der Waals surface area contributed by atoms with Crippen molar-refractivity contribution in [2.75, 3.05) is 0 Å². The standard InChI is InChI=1S/C62H40N2O2/c65-61-55-36-47(58-51(43-24-11-3-12-25-43)37-48(41-20-7-1-8-21-41)38-52(58)44-26-13-4-14-27-44)34-35-56(55)63-57-33-19-32-50(60(57)62(66)64(61)63)59-53(45-28-15-5-16-29-45)39-49(42-22-9-2-10-23-42)40-54(59)46-30-17-6-18-31-46/h1-40H. The van der Waals surface area contributed by atoms with E-state index in [9.17, 15) is 4.79 Å². The summed E-state index contributed by atoms with van der Waals surface area (Å²) in [7, 11) is 0. The minimum atomic E-state index is -0.353. The van der Waals surface area contributed by atoms with Crippen LogP contribution in [0.1, 0.15) is 0 Å². The van der Waals surface area contributed by atoms with Gasteiger partial charge in [0, 0.05) is 0 Å². The van der Waals surface area contributed by atoms with Crippen LogP contribution >= 0.6 is 0 Å². The summed E-state index contributed by atoms with van der Waals surface area (Å²) in [4.78, 5) is 30.2. The molecule has 0 bridgehead atoms. The molecule has 0 aliphatic carbocycles. The maximum Gasteiger partial charge on any atom is 0.283 e. The molecule has 0 fully saturated rings. The van der Waals surface area contributed by atoms with Crippen molar-refractivity contribution in [3.63, 3.8) is 0 Å². The highest BCUT2D eigenvalue weighted by Gasteiger charge is 2.26. The molecule has 0 amide bonds. The second-order valence-corrected chi connectivity index (χ2v) is 16.8. The van der Waals surface area contributed by atoms with Crippen LogP contribution in [-0.4, -0.2) is 9.03 Å². The Morgan fingerprint density at radius 3 is 1.06 bits per heavy atom. The fraction of sp³-hybridized carbons (Fsp3) is 0. The molecule has 2 aromatic heterocycles. The normalized spacial score (nSPS) is 11.5. The van der Waals surface area contributed by atoms with Gasteiger partial charge in [-0.2, -0.15) is 4.52 Å². The Hall–Kier alpha value is -8.86. The van der Waals surface area contributed by atoms with Crippen molar-refractivity contribution in [1.29, 1.82) is 0 Å². The lowest BCUT2D eigenvalue weighted by atomic mass is 9.84. The predicted molar refractivity (Wildman–Crippen MR) is 273 cm³/mol. The van der Waals surface area contributed by atoms with Gasteiger partial charge in [0.25, 0.3) is 11.1 Å². The molecular formula is C62H40N2O2. The molecule has 0 atom stereocenters. The summed E-state index contributed by atoms with van der Waals surface area (Å²) < 4.78 is 3.15. The van der Waals surface area contributed by atoms with Crippen LogP contribution < -0.4 is 11.1 Å². The second-order valence-electron chi connectivity index (χ2n) is 16.8. The molecule has 0 spiro atoms. The van der Waals surface area contributed by atoms with Crippen LogP contribution in [0.5, 0.6) is 0 Å². The molecule has 12 aromatic rings. The molecule has 4 nitrogen and oxygen atoms in total. The van der Waals surface area contributed by atoms with Crippen molar-refractivity contribution in [1.82, 2.24) is 9.03 Å². The predicted octanol–water partition coefficient (Wildman–Crippen LogP) is 14.8. The first kappa shape index (κ1) is 38.8. The third kappa shape index (κ3) is 6.46. The summed E-state index contributed by atoms with van der Waals surface area (Å²) in [5, 5.41) is 0.973. The first-order chi connectivity index (χ1) is 32.6. The van der Waals surface area contributed by atoms with Crippen molar-refractivity contribution in [3.8, 4) is 89.0 Å². The third-order valence-electron chi connectivity index (χ3n) is 12.9. The summed E-state index contributed by atoms with van der Waals surface area (Å²) in [5.74, 6) is 0. The van der Waals surface area contributed by atoms with E-state index in [4.69, 9.17) is 0 Å². The number of rotatable bonds is 8. The largest absolute Gasteiger partial charge is 0.283 e. The molecule has 4 heteroatoms. The van der Waals surface area contributed by atoms with E-state index < -0.39 is 0 Å². The maximum absolute atomic E-state index is 15.2. The van der Waals surface area contributed by atoms with Crippen LogP contribution in [0, 0.1) is 0 Å². The van der Waals surface area contributed by atoms with E-state index in [1.807, 2.05) is 95.5 Å². The molecule has 0 aliphatic rings. The fourth-order valence-corrected chi connectivity index (χ4v) is 9.90. The molecule has 0 radical (unpaired) electrons. The van der Waals surface area contributed by atoms with Gasteiger partial charge >= 0.3 is 0 Å². The van der Waals surface area contributed by atoms with Crippen molar-refractivity contribution in [2.24, 2.45) is 0 Å². The van der Waals surface area contributed by atoms with Crippen molar-refractivity contribution in [3.05, 3.63) is 263 Å². The van der Waals surface area contributed by atoms with Gasteiger partial charge in [-0.25, -0.2) is 4.52 Å². The number of benzene rings is 10. The highest BCUT2D eigenvalue weighted by molar-refractivity contribution is 6.07. The van der Waals surface area contributed by atoms with Gasteiger partial charge in [-0.15, -0.1) is 0 Å². The summed E-state index contributed by atoms with van der Waals surface area (Å²) in [6.07, 6.45) is 0. The lowest BCUT2D eigenvalue weighted by Crippen LogP contribution is -2.21. The Morgan fingerprint density at radius 2 is 0.636 bits per heavy atom. The van der Waals surface area contributed by atoms with Gasteiger partial charge in [-0.1, -0.05) is 200 Å². The zero-order chi connectivity index (χ0) is 44.1. The molecular weight excluding hydrogens is 805 g/mol. The van der Waals surface area contributed by atoms with E-state index in [-0.39, 0.29) is 11.1 Å². The maximum atomic E-state index is 15.2. The molecule has 2 heterocycles. The quantitative estimate of drug-likeness (QED) is 0.153. The Labute approximate surface area is 381 Å². The van der Waals surface area contributed by atoms with Crippen LogP contribution in [0.4, 0.5) is 0 Å². The van der Waals surface area contributed by atoms with Crippen LogP contribution in [0.15, 0.2) is 252 Å². The Morgan fingerprint density at radius 1 is 0.242 bits per heavy atom. The van der Waals surface area contributed by atoms with E-state index in [0.717, 1.165) is 89.0 Å². The van der Waals surface area contributed by atoms with Gasteiger partial charge in [0.2, 0.25) is 0 Å².